The molecule has 0 amide bonds. The van der Waals surface area contributed by atoms with E-state index in [4.69, 9.17) is 10.5 Å². The number of benzene rings is 1. The molecule has 1 fully saturated rings. The molecule has 0 spiro atoms. The highest BCUT2D eigenvalue weighted by atomic mass is 127. The Morgan fingerprint density at radius 3 is 2.38 bits per heavy atom. The van der Waals surface area contributed by atoms with Crippen LogP contribution in [0.15, 0.2) is 29.3 Å². The third-order valence-corrected chi connectivity index (χ3v) is 4.20. The van der Waals surface area contributed by atoms with Crippen molar-refractivity contribution in [3.63, 3.8) is 0 Å². The number of nitrogens with zero attached hydrogens (tertiary/aromatic N) is 2. The fourth-order valence-corrected chi connectivity index (χ4v) is 3.01. The van der Waals surface area contributed by atoms with Crippen LogP contribution in [0.5, 0.6) is 5.75 Å². The molecular weight excluding hydrogens is 415 g/mol. The molecule has 1 aliphatic rings. The summed E-state index contributed by atoms with van der Waals surface area (Å²) in [6, 6.07) is 8.89. The van der Waals surface area contributed by atoms with E-state index in [1.165, 1.54) is 24.8 Å². The number of ether oxygens (including phenoxy) is 1. The summed E-state index contributed by atoms with van der Waals surface area (Å²) in [5.74, 6) is 1.41. The summed E-state index contributed by atoms with van der Waals surface area (Å²) in [5.41, 5.74) is 7.25. The number of aliphatic imine (C=N–C) groups is 1. The Bertz CT molecular complexity index is 498. The smallest absolute Gasteiger partial charge is 0.188 e. The van der Waals surface area contributed by atoms with Gasteiger partial charge in [-0.15, -0.1) is 24.0 Å². The molecule has 1 unspecified atom stereocenters. The van der Waals surface area contributed by atoms with Crippen molar-refractivity contribution in [2.75, 3.05) is 26.7 Å². The quantitative estimate of drug-likeness (QED) is 0.401. The van der Waals surface area contributed by atoms with Crippen LogP contribution in [0.1, 0.15) is 44.7 Å². The van der Waals surface area contributed by atoms with E-state index in [2.05, 4.69) is 41.2 Å². The van der Waals surface area contributed by atoms with Gasteiger partial charge in [-0.1, -0.05) is 18.6 Å². The lowest BCUT2D eigenvalue weighted by Gasteiger charge is -2.34. The maximum absolute atomic E-state index is 5.98. The molecule has 1 atom stereocenters. The molecule has 24 heavy (non-hydrogen) atoms. The van der Waals surface area contributed by atoms with Crippen molar-refractivity contribution in [3.05, 3.63) is 29.8 Å². The number of nitrogens with two attached hydrogens (primary N) is 1. The highest BCUT2D eigenvalue weighted by molar-refractivity contribution is 14.0. The minimum absolute atomic E-state index is 0. The van der Waals surface area contributed by atoms with Gasteiger partial charge in [-0.25, -0.2) is 0 Å². The Labute approximate surface area is 163 Å². The second-order valence-electron chi connectivity index (χ2n) is 6.41. The van der Waals surface area contributed by atoms with Crippen LogP contribution < -0.4 is 15.8 Å². The zero-order valence-electron chi connectivity index (χ0n) is 15.0. The first-order valence-electron chi connectivity index (χ1n) is 8.54. The Morgan fingerprint density at radius 2 is 1.83 bits per heavy atom. The summed E-state index contributed by atoms with van der Waals surface area (Å²) >= 11 is 0. The molecular formula is C18H31IN4O. The topological polar surface area (TPSA) is 62.9 Å². The van der Waals surface area contributed by atoms with E-state index < -0.39 is 0 Å². The van der Waals surface area contributed by atoms with Crippen LogP contribution in [-0.2, 0) is 0 Å². The van der Waals surface area contributed by atoms with Crippen LogP contribution in [0.2, 0.25) is 0 Å². The SMILES string of the molecule is COc1ccc(C(CN=C(N)NC(C)C)N2CCCCC2)cc1.I. The van der Waals surface area contributed by atoms with Crippen LogP contribution in [0.3, 0.4) is 0 Å². The van der Waals surface area contributed by atoms with E-state index in [-0.39, 0.29) is 30.0 Å². The zero-order chi connectivity index (χ0) is 16.7. The van der Waals surface area contributed by atoms with E-state index in [1.807, 2.05) is 12.1 Å². The average molecular weight is 446 g/mol. The molecule has 0 radical (unpaired) electrons. The number of nitrogens with one attached hydrogen (secondary N) is 1. The Hall–Kier alpha value is -1.02. The van der Waals surface area contributed by atoms with Crippen LogP contribution in [0.25, 0.3) is 0 Å². The lowest BCUT2D eigenvalue weighted by molar-refractivity contribution is 0.167. The lowest BCUT2D eigenvalue weighted by Crippen LogP contribution is -2.39. The predicted octanol–water partition coefficient (Wildman–Crippen LogP) is 3.15. The number of methoxy groups -OCH3 is 1. The van der Waals surface area contributed by atoms with Gasteiger partial charge in [0.2, 0.25) is 0 Å². The highest BCUT2D eigenvalue weighted by Crippen LogP contribution is 2.26. The molecule has 1 saturated heterocycles. The number of guanidine groups is 1. The average Bonchev–Trinajstić information content (AvgIpc) is 2.56. The number of hydrogen-bond donors (Lipinski definition) is 2. The van der Waals surface area contributed by atoms with Crippen LogP contribution in [-0.4, -0.2) is 43.6 Å². The minimum atomic E-state index is 0. The maximum Gasteiger partial charge on any atom is 0.188 e. The fraction of sp³-hybridized carbons (Fsp3) is 0.611. The molecule has 6 heteroatoms. The van der Waals surface area contributed by atoms with Gasteiger partial charge in [-0.2, -0.15) is 0 Å². The van der Waals surface area contributed by atoms with Crippen molar-refractivity contribution in [1.29, 1.82) is 0 Å². The fourth-order valence-electron chi connectivity index (χ4n) is 3.01. The monoisotopic (exact) mass is 446 g/mol. The molecule has 136 valence electrons. The van der Waals surface area contributed by atoms with Gasteiger partial charge in [0.1, 0.15) is 5.75 Å². The number of rotatable bonds is 6. The van der Waals surface area contributed by atoms with Crippen LogP contribution in [0.4, 0.5) is 0 Å². The van der Waals surface area contributed by atoms with Crippen molar-refractivity contribution in [1.82, 2.24) is 10.2 Å². The maximum atomic E-state index is 5.98. The van der Waals surface area contributed by atoms with Gasteiger partial charge in [0.25, 0.3) is 0 Å². The van der Waals surface area contributed by atoms with Gasteiger partial charge in [-0.3, -0.25) is 9.89 Å². The first kappa shape index (κ1) is 21.0. The van der Waals surface area contributed by atoms with Gasteiger partial charge in [-0.05, 0) is 57.5 Å². The molecule has 3 N–H and O–H groups in total. The van der Waals surface area contributed by atoms with E-state index >= 15 is 0 Å². The van der Waals surface area contributed by atoms with Gasteiger partial charge in [0.15, 0.2) is 5.96 Å². The molecule has 1 aliphatic heterocycles. The summed E-state index contributed by atoms with van der Waals surface area (Å²) in [4.78, 5) is 7.09. The summed E-state index contributed by atoms with van der Waals surface area (Å²) < 4.78 is 5.27. The van der Waals surface area contributed by atoms with Gasteiger partial charge >= 0.3 is 0 Å². The third-order valence-electron chi connectivity index (χ3n) is 4.20. The normalized spacial score (nSPS) is 17.2. The van der Waals surface area contributed by atoms with E-state index in [1.54, 1.807) is 7.11 Å². The van der Waals surface area contributed by atoms with Crippen LogP contribution in [0, 0.1) is 0 Å². The number of likely N-dealkylation sites (tertiary alicyclic amines) is 1. The van der Waals surface area contributed by atoms with Gasteiger partial charge < -0.3 is 15.8 Å². The van der Waals surface area contributed by atoms with Crippen molar-refractivity contribution in [2.24, 2.45) is 10.7 Å². The van der Waals surface area contributed by atoms with Crippen molar-refractivity contribution in [2.45, 2.75) is 45.2 Å². The molecule has 1 aromatic rings. The predicted molar refractivity (Wildman–Crippen MR) is 111 cm³/mol. The highest BCUT2D eigenvalue weighted by Gasteiger charge is 2.22. The minimum Gasteiger partial charge on any atom is -0.497 e. The molecule has 0 aliphatic carbocycles. The van der Waals surface area contributed by atoms with Crippen molar-refractivity contribution in [3.8, 4) is 5.75 Å². The van der Waals surface area contributed by atoms with Gasteiger partial charge in [0.05, 0.1) is 19.7 Å². The van der Waals surface area contributed by atoms with E-state index in [9.17, 15) is 0 Å². The second kappa shape index (κ2) is 10.8. The van der Waals surface area contributed by atoms with Gasteiger partial charge in [0, 0.05) is 6.04 Å². The Balaban J connectivity index is 0.00000288. The summed E-state index contributed by atoms with van der Waals surface area (Å²) in [6.45, 7) is 7.06. The Morgan fingerprint density at radius 1 is 1.21 bits per heavy atom. The first-order chi connectivity index (χ1) is 11.1. The van der Waals surface area contributed by atoms with E-state index in [0.717, 1.165) is 18.8 Å². The molecule has 5 nitrogen and oxygen atoms in total. The van der Waals surface area contributed by atoms with E-state index in [0.29, 0.717) is 18.5 Å². The van der Waals surface area contributed by atoms with Crippen molar-refractivity contribution < 1.29 is 4.74 Å². The zero-order valence-corrected chi connectivity index (χ0v) is 17.3. The first-order valence-corrected chi connectivity index (χ1v) is 8.54. The number of halogens is 1. The van der Waals surface area contributed by atoms with Crippen LogP contribution >= 0.6 is 24.0 Å². The lowest BCUT2D eigenvalue weighted by atomic mass is 10.0. The molecule has 0 bridgehead atoms. The van der Waals surface area contributed by atoms with Crippen molar-refractivity contribution >= 4 is 29.9 Å². The number of piperidine rings is 1. The molecule has 2 rings (SSSR count). The largest absolute Gasteiger partial charge is 0.497 e. The summed E-state index contributed by atoms with van der Waals surface area (Å²) in [7, 11) is 1.69. The summed E-state index contributed by atoms with van der Waals surface area (Å²) in [6.07, 6.45) is 3.85. The third kappa shape index (κ3) is 6.47. The second-order valence-corrected chi connectivity index (χ2v) is 6.41. The number of hydrogen-bond acceptors (Lipinski definition) is 3. The molecule has 1 aromatic carbocycles. The standard InChI is InChI=1S/C18H30N4O.HI/c1-14(2)21-18(19)20-13-17(22-11-5-4-6-12-22)15-7-9-16(23-3)10-8-15;/h7-10,14,17H,4-6,11-13H2,1-3H3,(H3,19,20,21);1H. The summed E-state index contributed by atoms with van der Waals surface area (Å²) in [5, 5.41) is 3.16. The molecule has 0 saturated carbocycles. The molecule has 1 heterocycles. The Kier molecular flexibility index (Phi) is 9.43. The molecule has 0 aromatic heterocycles.